The summed E-state index contributed by atoms with van der Waals surface area (Å²) in [5.41, 5.74) is 2.48. The molecule has 5 rings (SSSR count). The topological polar surface area (TPSA) is 106 Å². The highest BCUT2D eigenvalue weighted by Crippen LogP contribution is 2.41. The first-order valence-corrected chi connectivity index (χ1v) is 14.4. The van der Waals surface area contributed by atoms with Crippen molar-refractivity contribution in [3.63, 3.8) is 0 Å². The van der Waals surface area contributed by atoms with Crippen molar-refractivity contribution in [2.24, 2.45) is 5.92 Å². The minimum absolute atomic E-state index is 0.201. The summed E-state index contributed by atoms with van der Waals surface area (Å²) in [6.07, 6.45) is 0.714. The maximum Gasteiger partial charge on any atom is 0.410 e. The number of benzene rings is 2. The summed E-state index contributed by atoms with van der Waals surface area (Å²) >= 11 is 0. The largest absolute Gasteiger partial charge is 0.464 e. The second-order valence-electron chi connectivity index (χ2n) is 12.3. The lowest BCUT2D eigenvalue weighted by Gasteiger charge is -2.32. The molecular formula is C33H38N2O7. The molecule has 0 bridgehead atoms. The number of hydrogen-bond donors (Lipinski definition) is 0. The molecule has 0 atom stereocenters. The van der Waals surface area contributed by atoms with Gasteiger partial charge in [-0.1, -0.05) is 24.3 Å². The van der Waals surface area contributed by atoms with Gasteiger partial charge in [0.25, 0.3) is 0 Å². The fourth-order valence-electron chi connectivity index (χ4n) is 5.72. The molecule has 0 radical (unpaired) electrons. The van der Waals surface area contributed by atoms with Crippen LogP contribution in [0.1, 0.15) is 71.2 Å². The molecule has 1 fully saturated rings. The van der Waals surface area contributed by atoms with E-state index in [9.17, 15) is 19.2 Å². The van der Waals surface area contributed by atoms with Gasteiger partial charge in [-0.05, 0) is 76.9 Å². The average Bonchev–Trinajstić information content (AvgIpc) is 3.26. The Balaban J connectivity index is 1.19. The van der Waals surface area contributed by atoms with Crippen LogP contribution in [0.25, 0.3) is 22.1 Å². The van der Waals surface area contributed by atoms with Crippen LogP contribution in [-0.4, -0.2) is 72.3 Å². The Morgan fingerprint density at radius 3 is 2.38 bits per heavy atom. The van der Waals surface area contributed by atoms with Crippen LogP contribution < -0.4 is 0 Å². The van der Waals surface area contributed by atoms with Crippen LogP contribution in [-0.2, 0) is 20.8 Å². The summed E-state index contributed by atoms with van der Waals surface area (Å²) in [6.45, 7) is 11.2. The first kappa shape index (κ1) is 29.5. The van der Waals surface area contributed by atoms with Gasteiger partial charge < -0.3 is 18.8 Å². The number of hydrogen-bond acceptors (Lipinski definition) is 8. The molecule has 1 aliphatic carbocycles. The molecule has 1 aromatic heterocycles. The van der Waals surface area contributed by atoms with Gasteiger partial charge in [0.2, 0.25) is 11.6 Å². The van der Waals surface area contributed by atoms with E-state index in [0.29, 0.717) is 72.8 Å². The second kappa shape index (κ2) is 11.4. The number of aryl methyl sites for hydroxylation is 1. The van der Waals surface area contributed by atoms with E-state index in [1.54, 1.807) is 11.8 Å². The molecule has 0 spiro atoms. The van der Waals surface area contributed by atoms with Gasteiger partial charge >= 0.3 is 12.1 Å². The quantitative estimate of drug-likeness (QED) is 0.272. The molecule has 0 N–H and O–H groups in total. The zero-order valence-electron chi connectivity index (χ0n) is 25.2. The molecule has 222 valence electrons. The third-order valence-electron chi connectivity index (χ3n) is 8.04. The molecule has 1 amide bonds. The van der Waals surface area contributed by atoms with Crippen molar-refractivity contribution in [1.29, 1.82) is 0 Å². The standard InChI is InChI=1S/C33H38N2O7/c1-19-8-7-9-23-22(19)10-11-24-27(23)29(37)28(36)26-20(2)25(41-30(24)26)18-34(6)16-17-40-31(38)21-12-14-35(15-13-21)32(39)42-33(3,4)5/h7-11,21H,12-18H2,1-6H3. The normalized spacial score (nSPS) is 15.6. The van der Waals surface area contributed by atoms with Crippen LogP contribution >= 0.6 is 0 Å². The summed E-state index contributed by atoms with van der Waals surface area (Å²) in [7, 11) is 1.88. The molecule has 9 nitrogen and oxygen atoms in total. The number of piperidine rings is 1. The van der Waals surface area contributed by atoms with Gasteiger partial charge in [-0.2, -0.15) is 0 Å². The first-order valence-electron chi connectivity index (χ1n) is 14.4. The maximum absolute atomic E-state index is 13.3. The number of furan rings is 1. The summed E-state index contributed by atoms with van der Waals surface area (Å²) in [5.74, 6) is -0.545. The van der Waals surface area contributed by atoms with E-state index in [1.807, 2.05) is 70.0 Å². The highest BCUT2D eigenvalue weighted by Gasteiger charge is 2.37. The number of rotatable bonds is 6. The fourth-order valence-corrected chi connectivity index (χ4v) is 5.72. The average molecular weight is 575 g/mol. The lowest BCUT2D eigenvalue weighted by atomic mass is 9.83. The summed E-state index contributed by atoms with van der Waals surface area (Å²) < 4.78 is 17.2. The van der Waals surface area contributed by atoms with E-state index in [0.717, 1.165) is 16.3 Å². The number of esters is 1. The van der Waals surface area contributed by atoms with E-state index in [4.69, 9.17) is 13.9 Å². The highest BCUT2D eigenvalue weighted by molar-refractivity contribution is 6.54. The van der Waals surface area contributed by atoms with Gasteiger partial charge in [-0.3, -0.25) is 19.3 Å². The predicted octanol–water partition coefficient (Wildman–Crippen LogP) is 5.72. The summed E-state index contributed by atoms with van der Waals surface area (Å²) in [5, 5.41) is 1.69. The second-order valence-corrected chi connectivity index (χ2v) is 12.3. The van der Waals surface area contributed by atoms with Crippen molar-refractivity contribution in [3.8, 4) is 11.3 Å². The monoisotopic (exact) mass is 574 g/mol. The zero-order chi connectivity index (χ0) is 30.3. The molecule has 2 aromatic carbocycles. The smallest absolute Gasteiger partial charge is 0.410 e. The van der Waals surface area contributed by atoms with E-state index in [1.165, 1.54) is 0 Å². The Bertz CT molecular complexity index is 1570. The number of likely N-dealkylation sites (N-methyl/N-ethyl adjacent to an activating group) is 1. The number of fused-ring (bicyclic) bond motifs is 5. The van der Waals surface area contributed by atoms with Gasteiger partial charge in [0, 0.05) is 36.3 Å². The Hall–Kier alpha value is -3.98. The number of ketones is 2. The van der Waals surface area contributed by atoms with Crippen LogP contribution in [0.15, 0.2) is 34.7 Å². The minimum Gasteiger partial charge on any atom is -0.464 e. The molecule has 0 unspecified atom stereocenters. The van der Waals surface area contributed by atoms with Gasteiger partial charge in [-0.25, -0.2) is 4.79 Å². The van der Waals surface area contributed by atoms with Gasteiger partial charge in [0.1, 0.15) is 23.7 Å². The van der Waals surface area contributed by atoms with Crippen LogP contribution in [0.5, 0.6) is 0 Å². The number of amides is 1. The molecular weight excluding hydrogens is 536 g/mol. The van der Waals surface area contributed by atoms with Crippen molar-refractivity contribution in [1.82, 2.24) is 9.80 Å². The van der Waals surface area contributed by atoms with Gasteiger partial charge in [-0.15, -0.1) is 0 Å². The van der Waals surface area contributed by atoms with E-state index in [2.05, 4.69) is 0 Å². The van der Waals surface area contributed by atoms with Crippen molar-refractivity contribution in [2.45, 2.75) is 59.6 Å². The molecule has 1 aliphatic heterocycles. The van der Waals surface area contributed by atoms with E-state index in [-0.39, 0.29) is 24.6 Å². The number of ether oxygens (including phenoxy) is 2. The van der Waals surface area contributed by atoms with Gasteiger partial charge in [0.05, 0.1) is 18.0 Å². The van der Waals surface area contributed by atoms with Crippen molar-refractivity contribution >= 4 is 34.4 Å². The Kier molecular flexibility index (Phi) is 7.98. The van der Waals surface area contributed by atoms with Crippen molar-refractivity contribution < 1.29 is 33.1 Å². The summed E-state index contributed by atoms with van der Waals surface area (Å²) in [6, 6.07) is 9.57. The van der Waals surface area contributed by atoms with E-state index < -0.39 is 17.2 Å². The molecule has 3 aromatic rings. The Morgan fingerprint density at radius 2 is 1.69 bits per heavy atom. The van der Waals surface area contributed by atoms with Crippen LogP contribution in [0.4, 0.5) is 4.79 Å². The number of likely N-dealkylation sites (tertiary alicyclic amines) is 1. The number of carbonyl (C=O) groups is 4. The van der Waals surface area contributed by atoms with Crippen molar-refractivity contribution in [2.75, 3.05) is 33.3 Å². The van der Waals surface area contributed by atoms with Crippen LogP contribution in [0.2, 0.25) is 0 Å². The van der Waals surface area contributed by atoms with Gasteiger partial charge in [0.15, 0.2) is 0 Å². The lowest BCUT2D eigenvalue weighted by Crippen LogP contribution is -2.43. The molecule has 2 aliphatic rings. The zero-order valence-corrected chi connectivity index (χ0v) is 25.2. The molecule has 2 heterocycles. The SMILES string of the molecule is Cc1c(CN(C)CCOC(=O)C2CCN(C(=O)OC(C)(C)C)CC2)oc2c1C(=O)C(=O)c1c-2ccc2c(C)cccc12. The third kappa shape index (κ3) is 5.70. The predicted molar refractivity (Wildman–Crippen MR) is 158 cm³/mol. The Morgan fingerprint density at radius 1 is 1.00 bits per heavy atom. The minimum atomic E-state index is -0.558. The molecule has 0 saturated carbocycles. The fraction of sp³-hybridized carbons (Fsp3) is 0.455. The number of carbonyl (C=O) groups excluding carboxylic acids is 4. The lowest BCUT2D eigenvalue weighted by molar-refractivity contribution is -0.150. The first-order chi connectivity index (χ1) is 19.9. The highest BCUT2D eigenvalue weighted by atomic mass is 16.6. The Labute approximate surface area is 245 Å². The number of nitrogens with zero attached hydrogens (tertiary/aromatic N) is 2. The molecule has 42 heavy (non-hydrogen) atoms. The van der Waals surface area contributed by atoms with E-state index >= 15 is 0 Å². The number of Topliss-reactive ketones (excluding diaryl/α,β-unsaturated/α-hetero) is 2. The van der Waals surface area contributed by atoms with Crippen LogP contribution in [0.3, 0.4) is 0 Å². The maximum atomic E-state index is 13.3. The third-order valence-corrected chi connectivity index (χ3v) is 8.04. The summed E-state index contributed by atoms with van der Waals surface area (Å²) in [4.78, 5) is 55.0. The van der Waals surface area contributed by atoms with Crippen LogP contribution in [0, 0.1) is 19.8 Å². The van der Waals surface area contributed by atoms with Crippen molar-refractivity contribution in [3.05, 3.63) is 58.3 Å². The molecule has 1 saturated heterocycles. The molecule has 9 heteroatoms.